The van der Waals surface area contributed by atoms with Crippen LogP contribution in [0, 0.1) is 5.92 Å². The predicted octanol–water partition coefficient (Wildman–Crippen LogP) is 2.82. The average molecular weight is 498 g/mol. The van der Waals surface area contributed by atoms with Crippen LogP contribution in [0.5, 0.6) is 11.6 Å². The highest BCUT2D eigenvalue weighted by Crippen LogP contribution is 2.45. The molecule has 4 unspecified atom stereocenters. The van der Waals surface area contributed by atoms with Gasteiger partial charge >= 0.3 is 5.97 Å². The Labute approximate surface area is 205 Å². The molecule has 8 nitrogen and oxygen atoms in total. The van der Waals surface area contributed by atoms with Crippen molar-refractivity contribution in [2.75, 3.05) is 20.3 Å². The fourth-order valence-electron chi connectivity index (χ4n) is 4.07. The molecule has 0 spiro atoms. The summed E-state index contributed by atoms with van der Waals surface area (Å²) in [6, 6.07) is 7.13. The zero-order valence-corrected chi connectivity index (χ0v) is 20.2. The second kappa shape index (κ2) is 11.0. The molecule has 1 aromatic carbocycles. The predicted molar refractivity (Wildman–Crippen MR) is 129 cm³/mol. The lowest BCUT2D eigenvalue weighted by Gasteiger charge is -2.20. The molecular formula is C23H29Cl2N3O5. The normalized spacial score (nSPS) is 25.2. The van der Waals surface area contributed by atoms with Gasteiger partial charge in [0.1, 0.15) is 17.4 Å². The lowest BCUT2D eigenvalue weighted by Crippen LogP contribution is -2.51. The number of nitrogens with one attached hydrogen (secondary N) is 2. The van der Waals surface area contributed by atoms with Crippen LogP contribution in [0.4, 0.5) is 0 Å². The highest BCUT2D eigenvalue weighted by atomic mass is 35.5. The number of benzene rings is 1. The van der Waals surface area contributed by atoms with E-state index in [4.69, 9.17) is 14.2 Å². The summed E-state index contributed by atoms with van der Waals surface area (Å²) in [6.07, 6.45) is 4.14. The van der Waals surface area contributed by atoms with E-state index in [0.29, 0.717) is 25.3 Å². The lowest BCUT2D eigenvalue weighted by molar-refractivity contribution is -0.149. The topological polar surface area (TPSA) is 98.8 Å². The van der Waals surface area contributed by atoms with Crippen molar-refractivity contribution in [2.24, 2.45) is 5.92 Å². The van der Waals surface area contributed by atoms with E-state index in [1.54, 1.807) is 26.3 Å². The Balaban J connectivity index is 0.00000193. The number of carbonyl (C=O) groups is 2. The van der Waals surface area contributed by atoms with Crippen LogP contribution in [0.3, 0.4) is 0 Å². The quantitative estimate of drug-likeness (QED) is 0.427. The number of carbonyl (C=O) groups excluding carboxylic acids is 2. The summed E-state index contributed by atoms with van der Waals surface area (Å²) in [5.41, 5.74) is -0.994. The first kappa shape index (κ1) is 26.7. The molecule has 4 atom stereocenters. The van der Waals surface area contributed by atoms with Gasteiger partial charge in [-0.3, -0.25) is 4.79 Å². The van der Waals surface area contributed by atoms with Crippen LogP contribution >= 0.6 is 24.8 Å². The number of fused-ring (bicyclic) bond motifs is 1. The average Bonchev–Trinajstić information content (AvgIpc) is 3.30. The number of hydrogen-bond donors (Lipinski definition) is 2. The maximum atomic E-state index is 12.9. The van der Waals surface area contributed by atoms with Crippen molar-refractivity contribution in [1.82, 2.24) is 15.6 Å². The first-order valence-corrected chi connectivity index (χ1v) is 10.4. The third-order valence-electron chi connectivity index (χ3n) is 5.91. The number of esters is 1. The summed E-state index contributed by atoms with van der Waals surface area (Å²) in [5.74, 6) is 0.525. The number of pyridine rings is 1. The van der Waals surface area contributed by atoms with Gasteiger partial charge in [0.05, 0.1) is 19.8 Å². The Hall–Kier alpha value is -2.55. The number of methoxy groups -OCH3 is 1. The van der Waals surface area contributed by atoms with Crippen molar-refractivity contribution < 1.29 is 23.8 Å². The van der Waals surface area contributed by atoms with Gasteiger partial charge in [-0.1, -0.05) is 6.08 Å². The standard InChI is InChI=1S/C23H27N3O5.2ClH/c1-4-15-12-23(15,22(28)30-5-2)26-20(27)19-11-17(13-25-19)31-21-18-7-6-16(29-3)10-14(18)8-9-24-21;;/h4,6-10,15,17,19,25H,1,5,11-13H2,2-3H3,(H,26,27);2*1H. The summed E-state index contributed by atoms with van der Waals surface area (Å²) < 4.78 is 16.5. The molecule has 2 fully saturated rings. The Morgan fingerprint density at radius 3 is 2.79 bits per heavy atom. The fourth-order valence-corrected chi connectivity index (χ4v) is 4.07. The summed E-state index contributed by atoms with van der Waals surface area (Å²) >= 11 is 0. The third kappa shape index (κ3) is 5.34. The molecule has 1 amide bonds. The Morgan fingerprint density at radius 1 is 1.33 bits per heavy atom. The minimum absolute atomic E-state index is 0. The molecule has 1 aliphatic heterocycles. The van der Waals surface area contributed by atoms with E-state index in [0.717, 1.165) is 16.5 Å². The summed E-state index contributed by atoms with van der Waals surface area (Å²) in [4.78, 5) is 29.6. The molecule has 4 rings (SSSR count). The molecule has 2 N–H and O–H groups in total. The molecule has 2 heterocycles. The van der Waals surface area contributed by atoms with Crippen molar-refractivity contribution in [3.8, 4) is 11.6 Å². The molecule has 1 saturated carbocycles. The summed E-state index contributed by atoms with van der Waals surface area (Å²) in [7, 11) is 1.63. The Morgan fingerprint density at radius 2 is 2.12 bits per heavy atom. The molecule has 1 aliphatic carbocycles. The molecule has 180 valence electrons. The van der Waals surface area contributed by atoms with Gasteiger partial charge in [-0.25, -0.2) is 9.78 Å². The van der Waals surface area contributed by atoms with Crippen LogP contribution in [0.15, 0.2) is 43.1 Å². The van der Waals surface area contributed by atoms with Crippen LogP contribution in [-0.4, -0.2) is 54.8 Å². The molecule has 1 aromatic heterocycles. The number of rotatable bonds is 8. The van der Waals surface area contributed by atoms with Crippen molar-refractivity contribution in [1.29, 1.82) is 0 Å². The van der Waals surface area contributed by atoms with E-state index in [1.165, 1.54) is 0 Å². The molecule has 0 radical (unpaired) electrons. The van der Waals surface area contributed by atoms with E-state index >= 15 is 0 Å². The Kier molecular flexibility index (Phi) is 8.94. The van der Waals surface area contributed by atoms with Gasteiger partial charge in [0.2, 0.25) is 11.8 Å². The second-order valence-corrected chi connectivity index (χ2v) is 7.87. The van der Waals surface area contributed by atoms with E-state index in [2.05, 4.69) is 22.2 Å². The molecule has 2 aliphatic rings. The number of amides is 1. The van der Waals surface area contributed by atoms with Gasteiger partial charge in [-0.15, -0.1) is 31.4 Å². The molecule has 2 aromatic rings. The number of halogens is 2. The van der Waals surface area contributed by atoms with Crippen LogP contribution in [0.2, 0.25) is 0 Å². The van der Waals surface area contributed by atoms with E-state index in [-0.39, 0.29) is 49.4 Å². The van der Waals surface area contributed by atoms with Crippen LogP contribution in [0.25, 0.3) is 10.8 Å². The number of nitrogens with zero attached hydrogens (tertiary/aromatic N) is 1. The van der Waals surface area contributed by atoms with Gasteiger partial charge in [0.25, 0.3) is 0 Å². The third-order valence-corrected chi connectivity index (χ3v) is 5.91. The molecular weight excluding hydrogens is 469 g/mol. The summed E-state index contributed by atoms with van der Waals surface area (Å²) in [5, 5.41) is 7.92. The van der Waals surface area contributed by atoms with E-state index in [9.17, 15) is 9.59 Å². The lowest BCUT2D eigenvalue weighted by atomic mass is 10.1. The van der Waals surface area contributed by atoms with Gasteiger partial charge in [-0.2, -0.15) is 0 Å². The van der Waals surface area contributed by atoms with Gasteiger partial charge in [0, 0.05) is 30.5 Å². The number of aromatic nitrogens is 1. The monoisotopic (exact) mass is 497 g/mol. The van der Waals surface area contributed by atoms with Crippen molar-refractivity contribution in [3.63, 3.8) is 0 Å². The van der Waals surface area contributed by atoms with Gasteiger partial charge in [0.15, 0.2) is 0 Å². The van der Waals surface area contributed by atoms with Gasteiger partial charge < -0.3 is 24.8 Å². The maximum absolute atomic E-state index is 12.9. The van der Waals surface area contributed by atoms with Crippen LogP contribution in [0.1, 0.15) is 19.8 Å². The van der Waals surface area contributed by atoms with E-state index < -0.39 is 17.6 Å². The van der Waals surface area contributed by atoms with Crippen molar-refractivity contribution in [3.05, 3.63) is 43.1 Å². The van der Waals surface area contributed by atoms with Crippen molar-refractivity contribution in [2.45, 2.75) is 37.5 Å². The zero-order valence-electron chi connectivity index (χ0n) is 18.5. The maximum Gasteiger partial charge on any atom is 0.332 e. The van der Waals surface area contributed by atoms with Crippen LogP contribution < -0.4 is 20.1 Å². The fraction of sp³-hybridized carbons (Fsp3) is 0.435. The Bertz CT molecular complexity index is 1020. The molecule has 33 heavy (non-hydrogen) atoms. The number of hydrogen-bond acceptors (Lipinski definition) is 7. The van der Waals surface area contributed by atoms with Crippen LogP contribution in [-0.2, 0) is 14.3 Å². The summed E-state index contributed by atoms with van der Waals surface area (Å²) in [6.45, 7) is 6.27. The first-order valence-electron chi connectivity index (χ1n) is 10.4. The number of ether oxygens (including phenoxy) is 3. The minimum Gasteiger partial charge on any atom is -0.497 e. The largest absolute Gasteiger partial charge is 0.497 e. The molecule has 10 heteroatoms. The highest BCUT2D eigenvalue weighted by Gasteiger charge is 2.61. The van der Waals surface area contributed by atoms with Gasteiger partial charge in [-0.05, 0) is 43.0 Å². The highest BCUT2D eigenvalue weighted by molar-refractivity contribution is 5.94. The van der Waals surface area contributed by atoms with Crippen molar-refractivity contribution >= 4 is 47.5 Å². The zero-order chi connectivity index (χ0) is 22.0. The smallest absolute Gasteiger partial charge is 0.332 e. The SMILES string of the molecule is C=CC1CC1(NC(=O)C1CC(Oc2nccc3cc(OC)ccc23)CN1)C(=O)OCC.Cl.Cl. The second-order valence-electron chi connectivity index (χ2n) is 7.87. The molecule has 0 bridgehead atoms. The molecule has 1 saturated heterocycles. The van der Waals surface area contributed by atoms with E-state index in [1.807, 2.05) is 24.3 Å². The first-order chi connectivity index (χ1) is 15.0. The minimum atomic E-state index is -0.994.